The molecule has 0 unspecified atom stereocenters. The fourth-order valence-electron chi connectivity index (χ4n) is 0.985. The highest BCUT2D eigenvalue weighted by Crippen LogP contribution is 2.22. The lowest BCUT2D eigenvalue weighted by Gasteiger charge is -2.08. The van der Waals surface area contributed by atoms with E-state index < -0.39 is 46.6 Å². The van der Waals surface area contributed by atoms with Crippen molar-refractivity contribution in [2.45, 2.75) is 0 Å². The smallest absolute Gasteiger partial charge is 0.330 e. The number of amides is 3. The molecule has 0 spiro atoms. The van der Waals surface area contributed by atoms with Crippen molar-refractivity contribution in [2.75, 3.05) is 0 Å². The highest BCUT2D eigenvalue weighted by atomic mass is 19.2. The molecule has 0 heterocycles. The van der Waals surface area contributed by atoms with Crippen molar-refractivity contribution < 1.29 is 31.5 Å². The lowest BCUT2D eigenvalue weighted by Crippen LogP contribution is -2.45. The second kappa shape index (κ2) is 4.85. The van der Waals surface area contributed by atoms with Gasteiger partial charge in [0, 0.05) is 0 Å². The van der Waals surface area contributed by atoms with Gasteiger partial charge in [-0.2, -0.15) is 0 Å². The van der Waals surface area contributed by atoms with Gasteiger partial charge < -0.3 is 5.73 Å². The molecule has 0 saturated carbocycles. The van der Waals surface area contributed by atoms with Gasteiger partial charge in [0.05, 0.1) is 0 Å². The van der Waals surface area contributed by atoms with E-state index in [-0.39, 0.29) is 0 Å². The molecule has 98 valence electrons. The zero-order valence-electron chi connectivity index (χ0n) is 8.28. The maximum absolute atomic E-state index is 13.1. The molecule has 0 aliphatic rings. The highest BCUT2D eigenvalue weighted by Gasteiger charge is 2.29. The summed E-state index contributed by atoms with van der Waals surface area (Å²) in [5.74, 6) is -13.4. The van der Waals surface area contributed by atoms with Crippen molar-refractivity contribution in [1.82, 2.24) is 10.9 Å². The fraction of sp³-hybridized carbons (Fsp3) is 0. The Labute approximate surface area is 95.7 Å². The Morgan fingerprint density at radius 1 is 0.778 bits per heavy atom. The summed E-state index contributed by atoms with van der Waals surface area (Å²) < 4.78 is 64.1. The Hall–Kier alpha value is -2.39. The predicted octanol–water partition coefficient (Wildman–Crippen LogP) is 0.695. The van der Waals surface area contributed by atoms with E-state index in [1.807, 2.05) is 0 Å². The summed E-state index contributed by atoms with van der Waals surface area (Å²) >= 11 is 0. The molecular weight excluding hydrogens is 265 g/mol. The predicted molar refractivity (Wildman–Crippen MR) is 46.4 cm³/mol. The van der Waals surface area contributed by atoms with Crippen molar-refractivity contribution in [3.8, 4) is 0 Å². The van der Waals surface area contributed by atoms with Crippen LogP contribution in [0.25, 0.3) is 0 Å². The molecule has 1 aromatic rings. The van der Waals surface area contributed by atoms with Gasteiger partial charge in [-0.1, -0.05) is 0 Å². The third kappa shape index (κ3) is 2.31. The first-order valence-electron chi connectivity index (χ1n) is 4.14. The molecule has 0 atom stereocenters. The summed E-state index contributed by atoms with van der Waals surface area (Å²) in [4.78, 5) is 21.3. The van der Waals surface area contributed by atoms with Gasteiger partial charge >= 0.3 is 6.03 Å². The molecule has 0 fully saturated rings. The number of nitrogens with two attached hydrogens (primary N) is 1. The maximum atomic E-state index is 13.1. The summed E-state index contributed by atoms with van der Waals surface area (Å²) in [5.41, 5.74) is 5.56. The van der Waals surface area contributed by atoms with Crippen LogP contribution in [0.1, 0.15) is 10.4 Å². The number of hydrogen-bond acceptors (Lipinski definition) is 2. The summed E-state index contributed by atoms with van der Waals surface area (Å²) in [5, 5.41) is 0. The minimum Gasteiger partial charge on any atom is -0.350 e. The van der Waals surface area contributed by atoms with Crippen molar-refractivity contribution >= 4 is 11.9 Å². The van der Waals surface area contributed by atoms with E-state index in [9.17, 15) is 31.5 Å². The van der Waals surface area contributed by atoms with Crippen molar-refractivity contribution in [3.05, 3.63) is 34.6 Å². The van der Waals surface area contributed by atoms with Gasteiger partial charge in [-0.05, 0) is 0 Å². The van der Waals surface area contributed by atoms with Gasteiger partial charge in [-0.25, -0.2) is 32.2 Å². The van der Waals surface area contributed by atoms with Gasteiger partial charge in [0.2, 0.25) is 5.82 Å². The molecule has 1 aromatic carbocycles. The number of hydrazine groups is 1. The van der Waals surface area contributed by atoms with E-state index >= 15 is 0 Å². The molecule has 0 bridgehead atoms. The first-order valence-corrected chi connectivity index (χ1v) is 4.14. The Kier molecular flexibility index (Phi) is 3.69. The Balaban J connectivity index is 3.24. The SMILES string of the molecule is NC(=O)NNC(=O)c1c(F)c(F)c(F)c(F)c1F. The van der Waals surface area contributed by atoms with Crippen LogP contribution in [0.5, 0.6) is 0 Å². The molecule has 0 aromatic heterocycles. The molecular formula is C8H4F5N3O2. The number of carbonyl (C=O) groups is 2. The molecule has 0 aliphatic carbocycles. The average Bonchev–Trinajstić information content (AvgIpc) is 2.31. The van der Waals surface area contributed by atoms with Crippen LogP contribution in [0.2, 0.25) is 0 Å². The summed E-state index contributed by atoms with van der Waals surface area (Å²) in [6.45, 7) is 0. The second-order valence-electron chi connectivity index (χ2n) is 2.89. The second-order valence-corrected chi connectivity index (χ2v) is 2.89. The van der Waals surface area contributed by atoms with E-state index in [0.717, 1.165) is 0 Å². The van der Waals surface area contributed by atoms with Crippen LogP contribution in [0.3, 0.4) is 0 Å². The van der Waals surface area contributed by atoms with Crippen LogP contribution in [-0.4, -0.2) is 11.9 Å². The molecule has 10 heteroatoms. The fourth-order valence-corrected chi connectivity index (χ4v) is 0.985. The van der Waals surface area contributed by atoms with Crippen molar-refractivity contribution in [3.63, 3.8) is 0 Å². The van der Waals surface area contributed by atoms with Crippen LogP contribution < -0.4 is 16.6 Å². The molecule has 1 rings (SSSR count). The number of benzene rings is 1. The number of carbonyl (C=O) groups excluding carboxylic acids is 2. The number of nitrogens with one attached hydrogen (secondary N) is 2. The van der Waals surface area contributed by atoms with Crippen LogP contribution in [0.15, 0.2) is 0 Å². The quantitative estimate of drug-likeness (QED) is 0.303. The van der Waals surface area contributed by atoms with Crippen LogP contribution >= 0.6 is 0 Å². The molecule has 0 saturated heterocycles. The molecule has 0 aliphatic heterocycles. The van der Waals surface area contributed by atoms with E-state index in [0.29, 0.717) is 0 Å². The van der Waals surface area contributed by atoms with E-state index in [1.54, 1.807) is 0 Å². The van der Waals surface area contributed by atoms with Gasteiger partial charge in [-0.3, -0.25) is 10.2 Å². The Morgan fingerprint density at radius 3 is 1.56 bits per heavy atom. The Bertz CT molecular complexity index is 505. The lowest BCUT2D eigenvalue weighted by atomic mass is 10.1. The first kappa shape index (κ1) is 13.7. The van der Waals surface area contributed by atoms with E-state index in [1.165, 1.54) is 10.9 Å². The van der Waals surface area contributed by atoms with Crippen molar-refractivity contribution in [1.29, 1.82) is 0 Å². The van der Waals surface area contributed by atoms with Gasteiger partial charge in [0.25, 0.3) is 5.91 Å². The normalized spacial score (nSPS) is 10.1. The molecule has 18 heavy (non-hydrogen) atoms. The number of hydrogen-bond donors (Lipinski definition) is 3. The summed E-state index contributed by atoms with van der Waals surface area (Å²) in [6.07, 6.45) is 0. The first-order chi connectivity index (χ1) is 8.27. The van der Waals surface area contributed by atoms with Crippen LogP contribution in [0, 0.1) is 29.1 Å². The largest absolute Gasteiger partial charge is 0.350 e. The standard InChI is InChI=1S/C8H4F5N3O2/c9-2-1(7(17)15-16-8(14)18)3(10)5(12)6(13)4(2)11/h(H,15,17)(H3,14,16,18). The zero-order valence-corrected chi connectivity index (χ0v) is 8.28. The van der Waals surface area contributed by atoms with E-state index in [2.05, 4.69) is 5.73 Å². The number of halogens is 5. The molecule has 4 N–H and O–H groups in total. The molecule has 3 amide bonds. The van der Waals surface area contributed by atoms with Gasteiger partial charge in [0.15, 0.2) is 23.3 Å². The van der Waals surface area contributed by atoms with Crippen LogP contribution in [0.4, 0.5) is 26.7 Å². The monoisotopic (exact) mass is 269 g/mol. The lowest BCUT2D eigenvalue weighted by molar-refractivity contribution is 0.0925. The van der Waals surface area contributed by atoms with Crippen LogP contribution in [-0.2, 0) is 0 Å². The van der Waals surface area contributed by atoms with E-state index in [4.69, 9.17) is 0 Å². The third-order valence-electron chi connectivity index (χ3n) is 1.74. The maximum Gasteiger partial charge on any atom is 0.330 e. The zero-order chi connectivity index (χ0) is 14.0. The van der Waals surface area contributed by atoms with Crippen molar-refractivity contribution in [2.24, 2.45) is 5.73 Å². The number of rotatable bonds is 1. The minimum atomic E-state index is -2.40. The number of urea groups is 1. The minimum absolute atomic E-state index is 1.30. The summed E-state index contributed by atoms with van der Waals surface area (Å²) in [7, 11) is 0. The van der Waals surface area contributed by atoms with Gasteiger partial charge in [0.1, 0.15) is 5.56 Å². The molecule has 0 radical (unpaired) electrons. The third-order valence-corrected chi connectivity index (χ3v) is 1.74. The average molecular weight is 269 g/mol. The summed E-state index contributed by atoms with van der Waals surface area (Å²) in [6, 6.07) is -1.30. The number of primary amides is 1. The Morgan fingerprint density at radius 2 is 1.17 bits per heavy atom. The molecule has 5 nitrogen and oxygen atoms in total. The highest BCUT2D eigenvalue weighted by molar-refractivity contribution is 5.95. The topological polar surface area (TPSA) is 84.2 Å². The van der Waals surface area contributed by atoms with Gasteiger partial charge in [-0.15, -0.1) is 0 Å².